The first-order valence-electron chi connectivity index (χ1n) is 9.44. The summed E-state index contributed by atoms with van der Waals surface area (Å²) in [6, 6.07) is 4.87. The van der Waals surface area contributed by atoms with Crippen LogP contribution in [-0.2, 0) is 9.53 Å². The van der Waals surface area contributed by atoms with Crippen LogP contribution in [0.25, 0.3) is 0 Å². The third-order valence-electron chi connectivity index (χ3n) is 4.74. The number of benzene rings is 1. The largest absolute Gasteiger partial charge is 0.493 e. The second-order valence-corrected chi connectivity index (χ2v) is 7.98. The number of carbonyl (C=O) groups is 1. The molecule has 0 saturated heterocycles. The fraction of sp³-hybridized carbons (Fsp3) is 0.381. The highest BCUT2D eigenvalue weighted by molar-refractivity contribution is 8.17. The van der Waals surface area contributed by atoms with Gasteiger partial charge < -0.3 is 24.7 Å². The molecule has 0 radical (unpaired) electrons. The Hall–Kier alpha value is -3.32. The lowest BCUT2D eigenvalue weighted by Gasteiger charge is -2.35. The third-order valence-corrected chi connectivity index (χ3v) is 5.72. The molecule has 1 atom stereocenters. The summed E-state index contributed by atoms with van der Waals surface area (Å²) in [5.41, 5.74) is 7.73. The maximum absolute atomic E-state index is 13.1. The Labute approximate surface area is 185 Å². The van der Waals surface area contributed by atoms with Crippen molar-refractivity contribution in [2.24, 2.45) is 10.7 Å². The van der Waals surface area contributed by atoms with Crippen LogP contribution in [0.1, 0.15) is 32.4 Å². The van der Waals surface area contributed by atoms with E-state index in [-0.39, 0.29) is 11.9 Å². The number of allylic oxidation sites excluding steroid dienone is 2. The summed E-state index contributed by atoms with van der Waals surface area (Å²) in [7, 11) is 4.53. The molecule has 2 heterocycles. The zero-order chi connectivity index (χ0) is 22.9. The SMILES string of the molecule is COc1cc([C@@H]2C(C(=O)OC(C)C)=C(C)N=C3SC(C#N)=C(N)N32)cc(OC)c1OC. The minimum atomic E-state index is -0.703. The molecule has 10 heteroatoms. The Bertz CT molecular complexity index is 1030. The van der Waals surface area contributed by atoms with Crippen LogP contribution in [-0.4, -0.2) is 43.5 Å². The topological polar surface area (TPSA) is 119 Å². The Kier molecular flexibility index (Phi) is 6.36. The van der Waals surface area contributed by atoms with Crippen molar-refractivity contribution in [1.29, 1.82) is 5.26 Å². The van der Waals surface area contributed by atoms with Crippen LogP contribution in [0.4, 0.5) is 0 Å². The average molecular weight is 445 g/mol. The van der Waals surface area contributed by atoms with E-state index in [1.165, 1.54) is 21.3 Å². The molecule has 1 aromatic carbocycles. The van der Waals surface area contributed by atoms with Crippen LogP contribution < -0.4 is 19.9 Å². The third kappa shape index (κ3) is 3.88. The Balaban J connectivity index is 2.27. The van der Waals surface area contributed by atoms with E-state index in [1.807, 2.05) is 0 Å². The molecule has 164 valence electrons. The van der Waals surface area contributed by atoms with Crippen molar-refractivity contribution < 1.29 is 23.7 Å². The van der Waals surface area contributed by atoms with Crippen molar-refractivity contribution >= 4 is 22.9 Å². The number of ether oxygens (including phenoxy) is 4. The lowest BCUT2D eigenvalue weighted by Crippen LogP contribution is -2.39. The van der Waals surface area contributed by atoms with Gasteiger partial charge in [-0.1, -0.05) is 0 Å². The van der Waals surface area contributed by atoms with Gasteiger partial charge in [0.15, 0.2) is 16.7 Å². The Morgan fingerprint density at radius 1 is 1.23 bits per heavy atom. The maximum atomic E-state index is 13.1. The summed E-state index contributed by atoms with van der Waals surface area (Å²) in [6.45, 7) is 5.27. The molecule has 0 amide bonds. The predicted molar refractivity (Wildman–Crippen MR) is 116 cm³/mol. The van der Waals surface area contributed by atoms with Crippen LogP contribution >= 0.6 is 11.8 Å². The second kappa shape index (κ2) is 8.81. The van der Waals surface area contributed by atoms with Gasteiger partial charge in [-0.25, -0.2) is 9.79 Å². The van der Waals surface area contributed by atoms with Gasteiger partial charge in [0, 0.05) is 0 Å². The maximum Gasteiger partial charge on any atom is 0.338 e. The van der Waals surface area contributed by atoms with Crippen LogP contribution in [0.5, 0.6) is 17.2 Å². The molecule has 0 bridgehead atoms. The van der Waals surface area contributed by atoms with E-state index in [4.69, 9.17) is 24.7 Å². The fourth-order valence-electron chi connectivity index (χ4n) is 3.45. The number of hydrogen-bond donors (Lipinski definition) is 1. The van der Waals surface area contributed by atoms with Gasteiger partial charge in [0.1, 0.15) is 16.8 Å². The monoisotopic (exact) mass is 444 g/mol. The molecule has 0 saturated carbocycles. The van der Waals surface area contributed by atoms with Gasteiger partial charge in [-0.05, 0) is 50.2 Å². The van der Waals surface area contributed by atoms with E-state index in [0.717, 1.165) is 11.8 Å². The van der Waals surface area contributed by atoms with Crippen molar-refractivity contribution in [2.45, 2.75) is 32.9 Å². The fourth-order valence-corrected chi connectivity index (χ4v) is 4.37. The van der Waals surface area contributed by atoms with Crippen molar-refractivity contribution in [3.63, 3.8) is 0 Å². The molecule has 1 aromatic rings. The molecule has 3 rings (SSSR count). The molecule has 2 N–H and O–H groups in total. The van der Waals surface area contributed by atoms with E-state index >= 15 is 0 Å². The molecular weight excluding hydrogens is 420 g/mol. The number of nitrogens with two attached hydrogens (primary N) is 1. The minimum absolute atomic E-state index is 0.215. The lowest BCUT2D eigenvalue weighted by molar-refractivity contribution is -0.143. The van der Waals surface area contributed by atoms with Gasteiger partial charge in [-0.15, -0.1) is 0 Å². The number of aliphatic imine (C=N–C) groups is 1. The second-order valence-electron chi connectivity index (χ2n) is 7.01. The Morgan fingerprint density at radius 3 is 2.32 bits per heavy atom. The quantitative estimate of drug-likeness (QED) is 0.660. The number of nitriles is 1. The molecule has 31 heavy (non-hydrogen) atoms. The van der Waals surface area contributed by atoms with Crippen LogP contribution in [0.3, 0.4) is 0 Å². The predicted octanol–water partition coefficient (Wildman–Crippen LogP) is 3.05. The van der Waals surface area contributed by atoms with Gasteiger partial charge in [0.05, 0.1) is 44.7 Å². The highest BCUT2D eigenvalue weighted by atomic mass is 32.2. The molecule has 0 aliphatic carbocycles. The molecule has 0 unspecified atom stereocenters. The van der Waals surface area contributed by atoms with Gasteiger partial charge in [-0.2, -0.15) is 5.26 Å². The standard InChI is InChI=1S/C21H24N4O5S/c1-10(2)30-20(26)16-11(3)24-21-25(19(23)15(9-22)31-21)17(16)12-7-13(27-4)18(29-6)14(8-12)28-5/h7-8,10,17H,23H2,1-6H3/t17-/m1/s1. The first kappa shape index (κ1) is 22.4. The van der Waals surface area contributed by atoms with E-state index in [9.17, 15) is 10.1 Å². The first-order valence-corrected chi connectivity index (χ1v) is 10.3. The van der Waals surface area contributed by atoms with E-state index in [2.05, 4.69) is 11.1 Å². The number of amidine groups is 1. The zero-order valence-corrected chi connectivity index (χ0v) is 19.0. The number of carbonyl (C=O) groups excluding carboxylic acids is 1. The van der Waals surface area contributed by atoms with Gasteiger partial charge in [0.2, 0.25) is 5.75 Å². The number of nitrogens with zero attached hydrogens (tertiary/aromatic N) is 3. The van der Waals surface area contributed by atoms with Crippen LogP contribution in [0, 0.1) is 11.3 Å². The van der Waals surface area contributed by atoms with E-state index < -0.39 is 12.0 Å². The van der Waals surface area contributed by atoms with Gasteiger partial charge in [-0.3, -0.25) is 4.90 Å². The highest BCUT2D eigenvalue weighted by Gasteiger charge is 2.43. The summed E-state index contributed by atoms with van der Waals surface area (Å²) in [4.78, 5) is 19.6. The van der Waals surface area contributed by atoms with Gasteiger partial charge in [0.25, 0.3) is 0 Å². The molecule has 0 spiro atoms. The molecule has 2 aliphatic rings. The zero-order valence-electron chi connectivity index (χ0n) is 18.2. The normalized spacial score (nSPS) is 17.9. The van der Waals surface area contributed by atoms with Crippen molar-refractivity contribution in [3.05, 3.63) is 39.7 Å². The van der Waals surface area contributed by atoms with Crippen molar-refractivity contribution in [2.75, 3.05) is 21.3 Å². The number of methoxy groups -OCH3 is 3. The van der Waals surface area contributed by atoms with Crippen molar-refractivity contribution in [3.8, 4) is 23.3 Å². The summed E-state index contributed by atoms with van der Waals surface area (Å²) < 4.78 is 21.9. The average Bonchev–Trinajstić information content (AvgIpc) is 3.05. The summed E-state index contributed by atoms with van der Waals surface area (Å²) in [5.74, 6) is 0.960. The molecular formula is C21H24N4O5S. The summed E-state index contributed by atoms with van der Waals surface area (Å²) in [6.07, 6.45) is -0.325. The highest BCUT2D eigenvalue weighted by Crippen LogP contribution is 2.48. The lowest BCUT2D eigenvalue weighted by atomic mass is 9.93. The van der Waals surface area contributed by atoms with E-state index in [1.54, 1.807) is 37.8 Å². The number of fused-ring (bicyclic) bond motifs is 1. The van der Waals surface area contributed by atoms with Crippen molar-refractivity contribution in [1.82, 2.24) is 4.90 Å². The number of esters is 1. The molecule has 0 aromatic heterocycles. The molecule has 0 fully saturated rings. The number of thioether (sulfide) groups is 1. The smallest absolute Gasteiger partial charge is 0.338 e. The first-order chi connectivity index (χ1) is 14.8. The van der Waals surface area contributed by atoms with Gasteiger partial charge >= 0.3 is 5.97 Å². The summed E-state index contributed by atoms with van der Waals surface area (Å²) in [5, 5.41) is 9.99. The summed E-state index contributed by atoms with van der Waals surface area (Å²) >= 11 is 1.16. The Morgan fingerprint density at radius 2 is 1.84 bits per heavy atom. The van der Waals surface area contributed by atoms with Crippen LogP contribution in [0.15, 0.2) is 39.1 Å². The molecule has 2 aliphatic heterocycles. The number of hydrogen-bond acceptors (Lipinski definition) is 10. The van der Waals surface area contributed by atoms with Crippen LogP contribution in [0.2, 0.25) is 0 Å². The number of rotatable bonds is 6. The van der Waals surface area contributed by atoms with E-state index in [0.29, 0.717) is 44.2 Å². The minimum Gasteiger partial charge on any atom is -0.493 e. The molecule has 9 nitrogen and oxygen atoms in total.